The lowest BCUT2D eigenvalue weighted by Crippen LogP contribution is -2.11. The van der Waals surface area contributed by atoms with Crippen molar-refractivity contribution in [1.29, 1.82) is 0 Å². The molecule has 19 heavy (non-hydrogen) atoms. The van der Waals surface area contributed by atoms with Crippen LogP contribution in [0.25, 0.3) is 11.1 Å². The van der Waals surface area contributed by atoms with Crippen molar-refractivity contribution >= 4 is 22.7 Å². The molecule has 3 rings (SSSR count). The number of H-pyrrole nitrogens is 1. The van der Waals surface area contributed by atoms with E-state index < -0.39 is 5.76 Å². The summed E-state index contributed by atoms with van der Waals surface area (Å²) in [6.45, 7) is 1.71. The van der Waals surface area contributed by atoms with Gasteiger partial charge < -0.3 is 14.2 Å². The Labute approximate surface area is 107 Å². The number of hydrogen-bond donors (Lipinski definition) is 2. The minimum absolute atomic E-state index is 0.267. The molecular weight excluding hydrogens is 248 g/mol. The van der Waals surface area contributed by atoms with E-state index in [-0.39, 0.29) is 5.91 Å². The van der Waals surface area contributed by atoms with Gasteiger partial charge in [0.05, 0.1) is 17.3 Å². The van der Waals surface area contributed by atoms with Gasteiger partial charge in [-0.2, -0.15) is 0 Å². The third kappa shape index (κ3) is 2.03. The molecular formula is C13H10N2O4. The molecule has 1 amide bonds. The molecule has 2 N–H and O–H groups in total. The van der Waals surface area contributed by atoms with Crippen molar-refractivity contribution < 1.29 is 13.6 Å². The Balaban J connectivity index is 1.91. The summed E-state index contributed by atoms with van der Waals surface area (Å²) < 4.78 is 9.95. The number of anilines is 1. The average Bonchev–Trinajstić information content (AvgIpc) is 2.93. The zero-order valence-corrected chi connectivity index (χ0v) is 10.0. The summed E-state index contributed by atoms with van der Waals surface area (Å²) in [6, 6.07) is 6.51. The number of aromatic amines is 1. The summed E-state index contributed by atoms with van der Waals surface area (Å²) in [6.07, 6.45) is 1.46. The highest BCUT2D eigenvalue weighted by Crippen LogP contribution is 2.18. The van der Waals surface area contributed by atoms with Crippen molar-refractivity contribution in [1.82, 2.24) is 4.98 Å². The van der Waals surface area contributed by atoms with Crippen molar-refractivity contribution in [2.45, 2.75) is 6.92 Å². The summed E-state index contributed by atoms with van der Waals surface area (Å²) in [4.78, 5) is 25.5. The predicted octanol–water partition coefficient (Wildman–Crippen LogP) is 2.27. The number of furan rings is 1. The van der Waals surface area contributed by atoms with Gasteiger partial charge in [-0.15, -0.1) is 0 Å². The minimum atomic E-state index is -0.524. The van der Waals surface area contributed by atoms with Crippen molar-refractivity contribution in [3.63, 3.8) is 0 Å². The third-order valence-electron chi connectivity index (χ3n) is 2.78. The van der Waals surface area contributed by atoms with Crippen LogP contribution in [0.4, 0.5) is 5.69 Å². The second-order valence-electron chi connectivity index (χ2n) is 4.07. The second-order valence-corrected chi connectivity index (χ2v) is 4.07. The topological polar surface area (TPSA) is 88.2 Å². The maximum atomic E-state index is 12.0. The van der Waals surface area contributed by atoms with Crippen LogP contribution in [-0.4, -0.2) is 10.9 Å². The number of aromatic nitrogens is 1. The van der Waals surface area contributed by atoms with Gasteiger partial charge in [0.2, 0.25) is 0 Å². The molecule has 0 saturated heterocycles. The molecule has 0 aliphatic heterocycles. The van der Waals surface area contributed by atoms with Gasteiger partial charge in [0.15, 0.2) is 5.58 Å². The van der Waals surface area contributed by atoms with E-state index in [2.05, 4.69) is 10.3 Å². The van der Waals surface area contributed by atoms with Gasteiger partial charge in [-0.3, -0.25) is 9.78 Å². The van der Waals surface area contributed by atoms with E-state index in [0.717, 1.165) is 0 Å². The molecule has 0 atom stereocenters. The molecule has 0 fully saturated rings. The summed E-state index contributed by atoms with van der Waals surface area (Å²) in [5, 5.41) is 2.72. The van der Waals surface area contributed by atoms with E-state index in [1.165, 1.54) is 6.26 Å². The summed E-state index contributed by atoms with van der Waals surface area (Å²) >= 11 is 0. The molecule has 6 heteroatoms. The number of nitrogens with one attached hydrogen (secondary N) is 2. The highest BCUT2D eigenvalue weighted by atomic mass is 16.4. The normalized spacial score (nSPS) is 10.8. The van der Waals surface area contributed by atoms with Gasteiger partial charge in [0.25, 0.3) is 5.91 Å². The Morgan fingerprint density at radius 2 is 2.16 bits per heavy atom. The first kappa shape index (κ1) is 11.3. The van der Waals surface area contributed by atoms with Crippen LogP contribution in [0.5, 0.6) is 0 Å². The second kappa shape index (κ2) is 4.16. The standard InChI is InChI=1S/C13H10N2O4/c1-7-9(4-5-18-7)12(16)14-8-2-3-11-10(6-8)15-13(17)19-11/h2-6H,1H3,(H,14,16)(H,15,17). The Kier molecular flexibility index (Phi) is 2.49. The number of rotatable bonds is 2. The number of oxazole rings is 1. The van der Waals surface area contributed by atoms with Crippen LogP contribution in [0.3, 0.4) is 0 Å². The average molecular weight is 258 g/mol. The molecule has 0 aliphatic rings. The lowest BCUT2D eigenvalue weighted by Gasteiger charge is -2.03. The Morgan fingerprint density at radius 3 is 2.89 bits per heavy atom. The lowest BCUT2D eigenvalue weighted by atomic mass is 10.2. The van der Waals surface area contributed by atoms with E-state index >= 15 is 0 Å². The van der Waals surface area contributed by atoms with Crippen molar-refractivity contribution in [3.8, 4) is 0 Å². The zero-order valence-electron chi connectivity index (χ0n) is 10.0. The van der Waals surface area contributed by atoms with Crippen LogP contribution in [0, 0.1) is 6.92 Å². The Bertz CT molecular complexity index is 809. The van der Waals surface area contributed by atoms with Gasteiger partial charge in [0.1, 0.15) is 5.76 Å². The number of carbonyl (C=O) groups excluding carboxylic acids is 1. The quantitative estimate of drug-likeness (QED) is 0.738. The number of fused-ring (bicyclic) bond motifs is 1. The number of amides is 1. The Hall–Kier alpha value is -2.76. The van der Waals surface area contributed by atoms with E-state index in [4.69, 9.17) is 8.83 Å². The van der Waals surface area contributed by atoms with Gasteiger partial charge >= 0.3 is 5.76 Å². The molecule has 0 saturated carbocycles. The van der Waals surface area contributed by atoms with Crippen LogP contribution in [-0.2, 0) is 0 Å². The van der Waals surface area contributed by atoms with Gasteiger partial charge in [-0.1, -0.05) is 0 Å². The van der Waals surface area contributed by atoms with Crippen LogP contribution in [0.2, 0.25) is 0 Å². The maximum Gasteiger partial charge on any atom is 0.417 e. The minimum Gasteiger partial charge on any atom is -0.469 e. The number of hydrogen-bond acceptors (Lipinski definition) is 4. The van der Waals surface area contributed by atoms with E-state index in [1.54, 1.807) is 31.2 Å². The van der Waals surface area contributed by atoms with Gasteiger partial charge in [0, 0.05) is 5.69 Å². The monoisotopic (exact) mass is 258 g/mol. The van der Waals surface area contributed by atoms with Gasteiger partial charge in [-0.25, -0.2) is 4.79 Å². The summed E-state index contributed by atoms with van der Waals surface area (Å²) in [5.41, 5.74) is 2.02. The van der Waals surface area contributed by atoms with E-state index in [0.29, 0.717) is 28.1 Å². The van der Waals surface area contributed by atoms with Crippen LogP contribution in [0.1, 0.15) is 16.1 Å². The molecule has 2 heterocycles. The first-order valence-electron chi connectivity index (χ1n) is 5.62. The fourth-order valence-electron chi connectivity index (χ4n) is 1.85. The first-order valence-corrected chi connectivity index (χ1v) is 5.62. The predicted molar refractivity (Wildman–Crippen MR) is 68.2 cm³/mol. The van der Waals surface area contributed by atoms with Crippen LogP contribution < -0.4 is 11.1 Å². The molecule has 0 unspecified atom stereocenters. The largest absolute Gasteiger partial charge is 0.469 e. The number of benzene rings is 1. The smallest absolute Gasteiger partial charge is 0.417 e. The molecule has 2 aromatic heterocycles. The number of aryl methyl sites for hydroxylation is 1. The fourth-order valence-corrected chi connectivity index (χ4v) is 1.85. The molecule has 96 valence electrons. The van der Waals surface area contributed by atoms with E-state index in [1.807, 2.05) is 0 Å². The third-order valence-corrected chi connectivity index (χ3v) is 2.78. The molecule has 6 nitrogen and oxygen atoms in total. The fraction of sp³-hybridized carbons (Fsp3) is 0.0769. The number of carbonyl (C=O) groups is 1. The lowest BCUT2D eigenvalue weighted by molar-refractivity contribution is 0.102. The highest BCUT2D eigenvalue weighted by Gasteiger charge is 2.12. The first-order chi connectivity index (χ1) is 9.13. The molecule has 3 aromatic rings. The Morgan fingerprint density at radius 1 is 1.32 bits per heavy atom. The molecule has 0 aliphatic carbocycles. The molecule has 1 aromatic carbocycles. The zero-order chi connectivity index (χ0) is 13.4. The molecule has 0 spiro atoms. The van der Waals surface area contributed by atoms with Crippen molar-refractivity contribution in [2.75, 3.05) is 5.32 Å². The van der Waals surface area contributed by atoms with Gasteiger partial charge in [-0.05, 0) is 31.2 Å². The SMILES string of the molecule is Cc1occc1C(=O)Nc1ccc2oc(=O)[nH]c2c1. The summed E-state index contributed by atoms with van der Waals surface area (Å²) in [5.74, 6) is -0.240. The van der Waals surface area contributed by atoms with Crippen molar-refractivity contribution in [3.05, 3.63) is 52.4 Å². The maximum absolute atomic E-state index is 12.0. The van der Waals surface area contributed by atoms with Crippen molar-refractivity contribution in [2.24, 2.45) is 0 Å². The van der Waals surface area contributed by atoms with E-state index in [9.17, 15) is 9.59 Å². The summed E-state index contributed by atoms with van der Waals surface area (Å²) in [7, 11) is 0. The highest BCUT2D eigenvalue weighted by molar-refractivity contribution is 6.05. The molecule has 0 radical (unpaired) electrons. The van der Waals surface area contributed by atoms with Crippen LogP contribution in [0.15, 0.2) is 44.2 Å². The van der Waals surface area contributed by atoms with Crippen LogP contribution >= 0.6 is 0 Å². The molecule has 0 bridgehead atoms.